The van der Waals surface area contributed by atoms with Crippen molar-refractivity contribution in [2.45, 2.75) is 6.54 Å². The number of para-hydroxylation sites is 2. The molecule has 3 heterocycles. The third-order valence-corrected chi connectivity index (χ3v) is 6.97. The van der Waals surface area contributed by atoms with Crippen LogP contribution in [-0.4, -0.2) is 60.7 Å². The first-order valence-electron chi connectivity index (χ1n) is 12.3. The Morgan fingerprint density at radius 1 is 0.973 bits per heavy atom. The fourth-order valence-electron chi connectivity index (χ4n) is 5.01. The van der Waals surface area contributed by atoms with Crippen LogP contribution in [0.15, 0.2) is 71.5 Å². The van der Waals surface area contributed by atoms with E-state index in [0.29, 0.717) is 35.3 Å². The summed E-state index contributed by atoms with van der Waals surface area (Å²) in [5.74, 6) is 1.89. The van der Waals surface area contributed by atoms with Crippen molar-refractivity contribution in [3.8, 4) is 22.9 Å². The van der Waals surface area contributed by atoms with Gasteiger partial charge in [-0.1, -0.05) is 30.3 Å². The Bertz CT molecular complexity index is 1540. The van der Waals surface area contributed by atoms with Gasteiger partial charge in [-0.3, -0.25) is 9.59 Å². The number of piperazine rings is 1. The first kappa shape index (κ1) is 23.1. The zero-order chi connectivity index (χ0) is 25.4. The molecule has 9 heteroatoms. The lowest BCUT2D eigenvalue weighted by Crippen LogP contribution is -3.13. The van der Waals surface area contributed by atoms with Gasteiger partial charge in [0.25, 0.3) is 11.5 Å². The fraction of sp³-hybridized carbons (Fsp3) is 0.250. The average molecular weight is 500 g/mol. The Balaban J connectivity index is 1.25. The largest absolute Gasteiger partial charge is 0.494 e. The number of hydrogen-bond acceptors (Lipinski definition) is 6. The molecule has 2 aliphatic rings. The summed E-state index contributed by atoms with van der Waals surface area (Å²) in [5, 5.41) is 5.57. The van der Waals surface area contributed by atoms with Gasteiger partial charge >= 0.3 is 0 Å². The summed E-state index contributed by atoms with van der Waals surface area (Å²) in [6.07, 6.45) is 0. The van der Waals surface area contributed by atoms with Crippen molar-refractivity contribution in [2.24, 2.45) is 0 Å². The van der Waals surface area contributed by atoms with Crippen LogP contribution in [0.1, 0.15) is 16.1 Å². The second kappa shape index (κ2) is 9.59. The van der Waals surface area contributed by atoms with E-state index >= 15 is 0 Å². The van der Waals surface area contributed by atoms with Crippen LogP contribution >= 0.6 is 0 Å². The van der Waals surface area contributed by atoms with Crippen molar-refractivity contribution < 1.29 is 23.9 Å². The highest BCUT2D eigenvalue weighted by atomic mass is 16.7. The molecule has 1 N–H and O–H groups in total. The van der Waals surface area contributed by atoms with E-state index in [2.05, 4.69) is 11.2 Å². The SMILES string of the molecule is COc1ccccc1-n1nc(C(=O)N2CC[NH+](Cc3ccc4c(c3)OCO4)CC2)c2ccccc2c1=O. The molecule has 0 saturated carbocycles. The molecule has 0 aliphatic carbocycles. The van der Waals surface area contributed by atoms with E-state index in [0.717, 1.165) is 31.1 Å². The van der Waals surface area contributed by atoms with Crippen molar-refractivity contribution in [3.05, 3.63) is 88.3 Å². The number of nitrogens with zero attached hydrogens (tertiary/aromatic N) is 3. The average Bonchev–Trinajstić information content (AvgIpc) is 3.42. The number of fused-ring (bicyclic) bond motifs is 2. The molecule has 6 rings (SSSR count). The molecule has 4 aromatic rings. The molecule has 1 amide bonds. The van der Waals surface area contributed by atoms with Crippen molar-refractivity contribution >= 4 is 16.7 Å². The molecule has 2 aliphatic heterocycles. The maximum atomic E-state index is 13.7. The first-order chi connectivity index (χ1) is 18.1. The van der Waals surface area contributed by atoms with Crippen molar-refractivity contribution in [1.29, 1.82) is 0 Å². The minimum Gasteiger partial charge on any atom is -0.494 e. The number of nitrogens with one attached hydrogen (secondary N) is 1. The Morgan fingerprint density at radius 3 is 2.51 bits per heavy atom. The second-order valence-electron chi connectivity index (χ2n) is 9.19. The summed E-state index contributed by atoms with van der Waals surface area (Å²) in [5.41, 5.74) is 1.64. The summed E-state index contributed by atoms with van der Waals surface area (Å²) in [4.78, 5) is 30.3. The van der Waals surface area contributed by atoms with Gasteiger partial charge in [-0.05, 0) is 36.4 Å². The highest BCUT2D eigenvalue weighted by Crippen LogP contribution is 2.32. The number of quaternary nitrogens is 1. The van der Waals surface area contributed by atoms with Gasteiger partial charge in [-0.2, -0.15) is 9.78 Å². The molecule has 188 valence electrons. The molecule has 9 nitrogen and oxygen atoms in total. The molecule has 0 spiro atoms. The summed E-state index contributed by atoms with van der Waals surface area (Å²) < 4.78 is 17.6. The van der Waals surface area contributed by atoms with Crippen LogP contribution in [-0.2, 0) is 6.54 Å². The van der Waals surface area contributed by atoms with E-state index in [1.54, 1.807) is 37.4 Å². The third-order valence-electron chi connectivity index (χ3n) is 6.97. The highest BCUT2D eigenvalue weighted by molar-refractivity contribution is 6.04. The lowest BCUT2D eigenvalue weighted by Gasteiger charge is -2.32. The number of hydrogen-bond donors (Lipinski definition) is 1. The van der Waals surface area contributed by atoms with Gasteiger partial charge in [0.1, 0.15) is 18.0 Å². The summed E-state index contributed by atoms with van der Waals surface area (Å²) in [6, 6.07) is 20.3. The Hall–Kier alpha value is -4.37. The van der Waals surface area contributed by atoms with Crippen LogP contribution in [0.3, 0.4) is 0 Å². The molecule has 0 bridgehead atoms. The standard InChI is InChI=1S/C28H26N4O5/c1-35-23-9-5-4-8-22(23)32-27(33)21-7-3-2-6-20(21)26(29-32)28(34)31-14-12-30(13-15-31)17-19-10-11-24-25(16-19)37-18-36-24/h2-11,16H,12-15,17-18H2,1H3/p+1. The summed E-state index contributed by atoms with van der Waals surface area (Å²) in [6.45, 7) is 3.93. The van der Waals surface area contributed by atoms with Crippen LogP contribution in [0.25, 0.3) is 16.5 Å². The van der Waals surface area contributed by atoms with Gasteiger partial charge in [-0.25, -0.2) is 0 Å². The molecule has 1 aromatic heterocycles. The predicted octanol–water partition coefficient (Wildman–Crippen LogP) is 1.66. The summed E-state index contributed by atoms with van der Waals surface area (Å²) >= 11 is 0. The van der Waals surface area contributed by atoms with Gasteiger partial charge in [0.05, 0.1) is 38.7 Å². The zero-order valence-corrected chi connectivity index (χ0v) is 20.5. The molecule has 0 radical (unpaired) electrons. The molecular weight excluding hydrogens is 472 g/mol. The number of ether oxygens (including phenoxy) is 3. The quantitative estimate of drug-likeness (QED) is 0.450. The molecule has 37 heavy (non-hydrogen) atoms. The van der Waals surface area contributed by atoms with E-state index in [4.69, 9.17) is 14.2 Å². The number of carbonyl (C=O) groups excluding carboxylic acids is 1. The maximum Gasteiger partial charge on any atom is 0.279 e. The lowest BCUT2D eigenvalue weighted by atomic mass is 10.1. The number of carbonyl (C=O) groups is 1. The summed E-state index contributed by atoms with van der Waals surface area (Å²) in [7, 11) is 1.54. The van der Waals surface area contributed by atoms with Gasteiger partial charge in [-0.15, -0.1) is 0 Å². The molecule has 1 fully saturated rings. The van der Waals surface area contributed by atoms with E-state index < -0.39 is 0 Å². The Kier molecular flexibility index (Phi) is 5.97. The second-order valence-corrected chi connectivity index (χ2v) is 9.19. The van der Waals surface area contributed by atoms with E-state index in [1.165, 1.54) is 15.1 Å². The highest BCUT2D eigenvalue weighted by Gasteiger charge is 2.28. The van der Waals surface area contributed by atoms with Gasteiger partial charge in [0, 0.05) is 10.9 Å². The van der Waals surface area contributed by atoms with Gasteiger partial charge < -0.3 is 24.0 Å². The van der Waals surface area contributed by atoms with Crippen molar-refractivity contribution in [1.82, 2.24) is 14.7 Å². The van der Waals surface area contributed by atoms with Crippen molar-refractivity contribution in [3.63, 3.8) is 0 Å². The zero-order valence-electron chi connectivity index (χ0n) is 20.5. The first-order valence-corrected chi connectivity index (χ1v) is 12.3. The molecule has 0 atom stereocenters. The lowest BCUT2D eigenvalue weighted by molar-refractivity contribution is -0.917. The van der Waals surface area contributed by atoms with E-state index in [1.807, 2.05) is 35.2 Å². The fourth-order valence-corrected chi connectivity index (χ4v) is 5.01. The number of benzene rings is 3. The predicted molar refractivity (Wildman–Crippen MR) is 137 cm³/mol. The minimum absolute atomic E-state index is 0.179. The van der Waals surface area contributed by atoms with Crippen LogP contribution in [0, 0.1) is 0 Å². The van der Waals surface area contributed by atoms with Crippen molar-refractivity contribution in [2.75, 3.05) is 40.1 Å². The Labute approximate surface area is 213 Å². The number of methoxy groups -OCH3 is 1. The van der Waals surface area contributed by atoms with E-state index in [9.17, 15) is 9.59 Å². The third kappa shape index (κ3) is 4.27. The number of amides is 1. The maximum absolute atomic E-state index is 13.7. The smallest absolute Gasteiger partial charge is 0.279 e. The number of aromatic nitrogens is 2. The minimum atomic E-state index is -0.297. The normalized spacial score (nSPS) is 15.2. The van der Waals surface area contributed by atoms with Crippen LogP contribution in [0.4, 0.5) is 0 Å². The molecule has 1 saturated heterocycles. The number of rotatable bonds is 5. The topological polar surface area (TPSA) is 87.3 Å². The van der Waals surface area contributed by atoms with E-state index in [-0.39, 0.29) is 24.0 Å². The van der Waals surface area contributed by atoms with Crippen LogP contribution in [0.5, 0.6) is 17.2 Å². The molecular formula is C28H27N4O5+. The van der Waals surface area contributed by atoms with Crippen LogP contribution in [0.2, 0.25) is 0 Å². The van der Waals surface area contributed by atoms with Gasteiger partial charge in [0.15, 0.2) is 17.2 Å². The monoisotopic (exact) mass is 499 g/mol. The van der Waals surface area contributed by atoms with Crippen LogP contribution < -0.4 is 24.7 Å². The molecule has 0 unspecified atom stereocenters. The Morgan fingerprint density at radius 2 is 1.70 bits per heavy atom. The molecule has 3 aromatic carbocycles. The van der Waals surface area contributed by atoms with Gasteiger partial charge in [0.2, 0.25) is 6.79 Å².